The van der Waals surface area contributed by atoms with Gasteiger partial charge in [-0.1, -0.05) is 0 Å². The fourth-order valence-corrected chi connectivity index (χ4v) is 2.52. The molecule has 7 heteroatoms. The van der Waals surface area contributed by atoms with E-state index >= 15 is 0 Å². The second kappa shape index (κ2) is 4.75. The van der Waals surface area contributed by atoms with Gasteiger partial charge >= 0.3 is 5.97 Å². The highest BCUT2D eigenvalue weighted by molar-refractivity contribution is 5.86. The van der Waals surface area contributed by atoms with Crippen molar-refractivity contribution in [3.8, 4) is 0 Å². The second-order valence-electron chi connectivity index (χ2n) is 5.09. The van der Waals surface area contributed by atoms with Crippen LogP contribution in [0.1, 0.15) is 24.3 Å². The number of ether oxygens (including phenoxy) is 1. The number of nitrogens with zero attached hydrogens (tertiary/aromatic N) is 4. The SMILES string of the molecule is C[C@H]1CN(c2ccn3nc(C(=O)O)cc3n2)C[C@H](C)O1. The van der Waals surface area contributed by atoms with Crippen LogP contribution in [0, 0.1) is 0 Å². The first-order valence-electron chi connectivity index (χ1n) is 6.53. The number of morpholine rings is 1. The van der Waals surface area contributed by atoms with Crippen LogP contribution in [0.4, 0.5) is 5.82 Å². The van der Waals surface area contributed by atoms with Gasteiger partial charge in [-0.05, 0) is 19.9 Å². The number of fused-ring (bicyclic) bond motifs is 1. The van der Waals surface area contributed by atoms with Gasteiger partial charge < -0.3 is 14.7 Å². The summed E-state index contributed by atoms with van der Waals surface area (Å²) in [4.78, 5) is 17.5. The number of aromatic nitrogens is 3. The zero-order chi connectivity index (χ0) is 14.3. The smallest absolute Gasteiger partial charge is 0.356 e. The summed E-state index contributed by atoms with van der Waals surface area (Å²) in [5.41, 5.74) is 0.532. The van der Waals surface area contributed by atoms with Crippen LogP contribution < -0.4 is 4.90 Å². The molecule has 0 amide bonds. The molecule has 7 nitrogen and oxygen atoms in total. The number of carbonyl (C=O) groups is 1. The molecule has 3 rings (SSSR count). The normalized spacial score (nSPS) is 23.2. The van der Waals surface area contributed by atoms with Crippen molar-refractivity contribution in [3.63, 3.8) is 0 Å². The van der Waals surface area contributed by atoms with Crippen LogP contribution in [0.25, 0.3) is 5.65 Å². The van der Waals surface area contributed by atoms with E-state index in [1.165, 1.54) is 10.6 Å². The van der Waals surface area contributed by atoms with E-state index in [1.54, 1.807) is 6.20 Å². The van der Waals surface area contributed by atoms with Crippen LogP contribution in [0.2, 0.25) is 0 Å². The molecule has 1 N–H and O–H groups in total. The lowest BCUT2D eigenvalue weighted by atomic mass is 10.2. The molecule has 0 spiro atoms. The maximum Gasteiger partial charge on any atom is 0.356 e. The number of rotatable bonds is 2. The van der Waals surface area contributed by atoms with Crippen molar-refractivity contribution in [1.82, 2.24) is 14.6 Å². The van der Waals surface area contributed by atoms with Crippen molar-refractivity contribution in [1.29, 1.82) is 0 Å². The van der Waals surface area contributed by atoms with Crippen molar-refractivity contribution >= 4 is 17.4 Å². The Hall–Kier alpha value is -2.15. The molecule has 1 fully saturated rings. The highest BCUT2D eigenvalue weighted by atomic mass is 16.5. The number of carboxylic acid groups (broad SMARTS) is 1. The minimum atomic E-state index is -1.05. The number of carboxylic acids is 1. The highest BCUT2D eigenvalue weighted by Gasteiger charge is 2.23. The summed E-state index contributed by atoms with van der Waals surface area (Å²) >= 11 is 0. The quantitative estimate of drug-likeness (QED) is 0.883. The molecule has 0 aliphatic carbocycles. The van der Waals surface area contributed by atoms with E-state index in [2.05, 4.69) is 15.0 Å². The summed E-state index contributed by atoms with van der Waals surface area (Å²) < 4.78 is 7.17. The Morgan fingerprint density at radius 3 is 2.75 bits per heavy atom. The van der Waals surface area contributed by atoms with Crippen LogP contribution in [0.5, 0.6) is 0 Å². The molecule has 0 radical (unpaired) electrons. The van der Waals surface area contributed by atoms with Crippen LogP contribution in [0.15, 0.2) is 18.3 Å². The number of hydrogen-bond acceptors (Lipinski definition) is 5. The van der Waals surface area contributed by atoms with Gasteiger partial charge in [0.05, 0.1) is 12.2 Å². The summed E-state index contributed by atoms with van der Waals surface area (Å²) in [5, 5.41) is 12.9. The van der Waals surface area contributed by atoms with E-state index in [0.29, 0.717) is 5.65 Å². The molecule has 106 valence electrons. The molecule has 1 saturated heterocycles. The lowest BCUT2D eigenvalue weighted by Crippen LogP contribution is -2.45. The maximum atomic E-state index is 10.9. The standard InChI is InChI=1S/C13H16N4O3/c1-8-6-16(7-9(2)20-8)11-3-4-17-12(14-11)5-10(15-17)13(18)19/h3-5,8-9H,6-7H2,1-2H3,(H,18,19)/t8-,9-/m0/s1. The Morgan fingerprint density at radius 1 is 1.40 bits per heavy atom. The van der Waals surface area contributed by atoms with Gasteiger partial charge in [0.25, 0.3) is 0 Å². The van der Waals surface area contributed by atoms with Crippen molar-refractivity contribution in [2.24, 2.45) is 0 Å². The third kappa shape index (κ3) is 2.32. The van der Waals surface area contributed by atoms with Gasteiger partial charge in [0, 0.05) is 25.4 Å². The average Bonchev–Trinajstić information content (AvgIpc) is 2.80. The van der Waals surface area contributed by atoms with Crippen molar-refractivity contribution in [3.05, 3.63) is 24.0 Å². The van der Waals surface area contributed by atoms with Gasteiger partial charge in [0.1, 0.15) is 5.82 Å². The van der Waals surface area contributed by atoms with Crippen LogP contribution in [-0.2, 0) is 4.74 Å². The van der Waals surface area contributed by atoms with Crippen LogP contribution >= 0.6 is 0 Å². The van der Waals surface area contributed by atoms with Crippen LogP contribution in [0.3, 0.4) is 0 Å². The molecule has 2 aromatic rings. The molecule has 0 aromatic carbocycles. The lowest BCUT2D eigenvalue weighted by Gasteiger charge is -2.36. The largest absolute Gasteiger partial charge is 0.476 e. The first-order valence-corrected chi connectivity index (χ1v) is 6.53. The van der Waals surface area contributed by atoms with Gasteiger partial charge in [0.2, 0.25) is 0 Å². The summed E-state index contributed by atoms with van der Waals surface area (Å²) in [6.07, 6.45) is 2.03. The Bertz CT molecular complexity index is 644. The number of hydrogen-bond donors (Lipinski definition) is 1. The van der Waals surface area contributed by atoms with Crippen molar-refractivity contribution in [2.45, 2.75) is 26.1 Å². The predicted molar refractivity (Wildman–Crippen MR) is 72.2 cm³/mol. The van der Waals surface area contributed by atoms with Gasteiger partial charge in [-0.3, -0.25) is 0 Å². The summed E-state index contributed by atoms with van der Waals surface area (Å²) in [6, 6.07) is 3.32. The fraction of sp³-hybridized carbons (Fsp3) is 0.462. The van der Waals surface area contributed by atoms with Crippen molar-refractivity contribution < 1.29 is 14.6 Å². The summed E-state index contributed by atoms with van der Waals surface area (Å²) in [5.74, 6) is -0.234. The first kappa shape index (κ1) is 12.9. The molecule has 2 atom stereocenters. The third-order valence-electron chi connectivity index (χ3n) is 3.27. The molecular formula is C13H16N4O3. The highest BCUT2D eigenvalue weighted by Crippen LogP contribution is 2.19. The number of anilines is 1. The molecular weight excluding hydrogens is 260 g/mol. The second-order valence-corrected chi connectivity index (χ2v) is 5.09. The molecule has 1 aliphatic rings. The minimum absolute atomic E-state index is 0.00152. The van der Waals surface area contributed by atoms with E-state index < -0.39 is 5.97 Å². The Labute approximate surface area is 115 Å². The van der Waals surface area contributed by atoms with Gasteiger partial charge in [-0.25, -0.2) is 14.3 Å². The molecule has 2 aromatic heterocycles. The molecule has 1 aliphatic heterocycles. The Kier molecular flexibility index (Phi) is 3.06. The average molecular weight is 276 g/mol. The van der Waals surface area contributed by atoms with E-state index in [1.807, 2.05) is 19.9 Å². The molecule has 0 saturated carbocycles. The van der Waals surface area contributed by atoms with Gasteiger partial charge in [-0.2, -0.15) is 5.10 Å². The van der Waals surface area contributed by atoms with E-state index in [-0.39, 0.29) is 17.9 Å². The summed E-state index contributed by atoms with van der Waals surface area (Å²) in [7, 11) is 0. The maximum absolute atomic E-state index is 10.9. The Balaban J connectivity index is 1.94. The van der Waals surface area contributed by atoms with E-state index in [4.69, 9.17) is 9.84 Å². The predicted octanol–water partition coefficient (Wildman–Crippen LogP) is 1.04. The monoisotopic (exact) mass is 276 g/mol. The zero-order valence-corrected chi connectivity index (χ0v) is 11.4. The molecule has 0 bridgehead atoms. The zero-order valence-electron chi connectivity index (χ0n) is 11.4. The molecule has 3 heterocycles. The first-order chi connectivity index (χ1) is 9.52. The minimum Gasteiger partial charge on any atom is -0.476 e. The third-order valence-corrected chi connectivity index (χ3v) is 3.27. The molecule has 0 unspecified atom stereocenters. The lowest BCUT2D eigenvalue weighted by molar-refractivity contribution is -0.00545. The van der Waals surface area contributed by atoms with Gasteiger partial charge in [-0.15, -0.1) is 0 Å². The Morgan fingerprint density at radius 2 is 2.10 bits per heavy atom. The van der Waals surface area contributed by atoms with Crippen molar-refractivity contribution in [2.75, 3.05) is 18.0 Å². The molecule has 20 heavy (non-hydrogen) atoms. The summed E-state index contributed by atoms with van der Waals surface area (Å²) in [6.45, 7) is 5.60. The number of aromatic carboxylic acids is 1. The van der Waals surface area contributed by atoms with Gasteiger partial charge in [0.15, 0.2) is 11.3 Å². The fourth-order valence-electron chi connectivity index (χ4n) is 2.52. The topological polar surface area (TPSA) is 80.0 Å². The van der Waals surface area contributed by atoms with E-state index in [0.717, 1.165) is 18.9 Å². The van der Waals surface area contributed by atoms with Crippen LogP contribution in [-0.4, -0.2) is 51.0 Å². The van der Waals surface area contributed by atoms with E-state index in [9.17, 15) is 4.79 Å².